The number of hydrogen-bond donors (Lipinski definition) is 1. The van der Waals surface area contributed by atoms with Crippen LogP contribution >= 0.6 is 0 Å². The average molecular weight is 260 g/mol. The van der Waals surface area contributed by atoms with Crippen LogP contribution in [0.5, 0.6) is 0 Å². The highest BCUT2D eigenvalue weighted by Gasteiger charge is 2.08. The Morgan fingerprint density at radius 2 is 1.28 bits per heavy atom. The molecule has 0 amide bonds. The normalized spacial score (nSPS) is 12.8. The molecule has 0 rings (SSSR count). The Morgan fingerprint density at radius 3 is 1.78 bits per heavy atom. The molecule has 0 aliphatic rings. The van der Waals surface area contributed by atoms with Crippen LogP contribution in [0, 0.1) is 0 Å². The third kappa shape index (κ3) is 12.3. The van der Waals surface area contributed by atoms with Crippen molar-refractivity contribution in [1.29, 1.82) is 0 Å². The highest BCUT2D eigenvalue weighted by molar-refractivity contribution is 4.56. The van der Waals surface area contributed by atoms with Gasteiger partial charge in [-0.3, -0.25) is 0 Å². The first-order valence-corrected chi connectivity index (χ1v) is 7.82. The maximum absolute atomic E-state index is 8.28. The lowest BCUT2D eigenvalue weighted by Gasteiger charge is -2.12. The molecule has 0 aliphatic carbocycles. The molecule has 0 heterocycles. The van der Waals surface area contributed by atoms with E-state index in [4.69, 9.17) is 10.1 Å². The number of hydrogen-bond acceptors (Lipinski definition) is 3. The molecule has 0 aliphatic heterocycles. The standard InChI is InChI=1S/C15H32O3/c1-3-5-6-7-8-9-10-11-12-14-15(13-4-2)17-18-16/h15-16H,3-14H2,1-2H3. The summed E-state index contributed by atoms with van der Waals surface area (Å²) in [6.07, 6.45) is 15.1. The van der Waals surface area contributed by atoms with Crippen molar-refractivity contribution >= 4 is 0 Å². The molecule has 1 atom stereocenters. The van der Waals surface area contributed by atoms with Crippen molar-refractivity contribution in [2.45, 2.75) is 97.0 Å². The van der Waals surface area contributed by atoms with Gasteiger partial charge in [0.15, 0.2) is 0 Å². The van der Waals surface area contributed by atoms with E-state index in [1.807, 2.05) is 0 Å². The summed E-state index contributed by atoms with van der Waals surface area (Å²) in [5, 5.41) is 12.1. The number of rotatable bonds is 14. The summed E-state index contributed by atoms with van der Waals surface area (Å²) in [7, 11) is 0. The van der Waals surface area contributed by atoms with Gasteiger partial charge in [-0.05, 0) is 12.8 Å². The maximum atomic E-state index is 8.28. The van der Waals surface area contributed by atoms with Gasteiger partial charge in [0, 0.05) is 0 Å². The van der Waals surface area contributed by atoms with Crippen LogP contribution < -0.4 is 0 Å². The van der Waals surface area contributed by atoms with Crippen molar-refractivity contribution in [3.8, 4) is 0 Å². The van der Waals surface area contributed by atoms with E-state index in [2.05, 4.69) is 18.9 Å². The Balaban J connectivity index is 3.21. The van der Waals surface area contributed by atoms with Gasteiger partial charge in [0.05, 0.1) is 6.10 Å². The van der Waals surface area contributed by atoms with E-state index in [0.29, 0.717) is 0 Å². The van der Waals surface area contributed by atoms with Crippen molar-refractivity contribution in [2.75, 3.05) is 0 Å². The molecule has 3 heteroatoms. The highest BCUT2D eigenvalue weighted by Crippen LogP contribution is 2.14. The lowest BCUT2D eigenvalue weighted by atomic mass is 10.0. The summed E-state index contributed by atoms with van der Waals surface area (Å²) in [6.45, 7) is 4.37. The van der Waals surface area contributed by atoms with Crippen molar-refractivity contribution < 1.29 is 15.2 Å². The first kappa shape index (κ1) is 17.9. The molecule has 110 valence electrons. The summed E-state index contributed by atoms with van der Waals surface area (Å²) < 4.78 is 0. The molecule has 1 N–H and O–H groups in total. The van der Waals surface area contributed by atoms with Crippen LogP contribution in [-0.4, -0.2) is 11.4 Å². The molecule has 0 saturated carbocycles. The molecule has 0 saturated heterocycles. The third-order valence-electron chi connectivity index (χ3n) is 3.42. The zero-order valence-corrected chi connectivity index (χ0v) is 12.3. The topological polar surface area (TPSA) is 38.7 Å². The largest absolute Gasteiger partial charge is 0.221 e. The Labute approximate surface area is 113 Å². The second kappa shape index (κ2) is 14.9. The van der Waals surface area contributed by atoms with Crippen LogP contribution in [0.25, 0.3) is 0 Å². The van der Waals surface area contributed by atoms with Gasteiger partial charge in [0.2, 0.25) is 0 Å². The molecule has 0 aromatic rings. The molecule has 1 unspecified atom stereocenters. The van der Waals surface area contributed by atoms with Gasteiger partial charge in [-0.15, -0.1) is 0 Å². The predicted octanol–water partition coefficient (Wildman–Crippen LogP) is 5.50. The van der Waals surface area contributed by atoms with E-state index < -0.39 is 0 Å². The molecule has 0 bridgehead atoms. The van der Waals surface area contributed by atoms with E-state index in [1.54, 1.807) is 0 Å². The molecule has 18 heavy (non-hydrogen) atoms. The Kier molecular flexibility index (Phi) is 14.8. The summed E-state index contributed by atoms with van der Waals surface area (Å²) >= 11 is 0. The monoisotopic (exact) mass is 260 g/mol. The zero-order chi connectivity index (χ0) is 13.5. The van der Waals surface area contributed by atoms with Gasteiger partial charge in [-0.25, -0.2) is 10.1 Å². The number of unbranched alkanes of at least 4 members (excludes halogenated alkanes) is 8. The summed E-state index contributed by atoms with van der Waals surface area (Å²) in [6, 6.07) is 0. The molecule has 0 spiro atoms. The minimum absolute atomic E-state index is 0.0598. The van der Waals surface area contributed by atoms with Crippen LogP contribution in [0.1, 0.15) is 90.9 Å². The van der Waals surface area contributed by atoms with E-state index in [1.165, 1.54) is 57.8 Å². The van der Waals surface area contributed by atoms with E-state index >= 15 is 0 Å². The van der Waals surface area contributed by atoms with Gasteiger partial charge >= 0.3 is 0 Å². The second-order valence-electron chi connectivity index (χ2n) is 5.20. The average Bonchev–Trinajstić information content (AvgIpc) is 2.37. The van der Waals surface area contributed by atoms with Crippen LogP contribution in [0.15, 0.2) is 0 Å². The van der Waals surface area contributed by atoms with E-state index in [-0.39, 0.29) is 6.10 Å². The fourth-order valence-electron chi connectivity index (χ4n) is 2.31. The molecule has 0 radical (unpaired) electrons. The molecule has 0 aromatic carbocycles. The minimum Gasteiger partial charge on any atom is -0.221 e. The Hall–Kier alpha value is -0.120. The van der Waals surface area contributed by atoms with Crippen LogP contribution in [0.3, 0.4) is 0 Å². The quantitative estimate of drug-likeness (QED) is 0.255. The summed E-state index contributed by atoms with van der Waals surface area (Å²) in [4.78, 5) is 4.81. The second-order valence-corrected chi connectivity index (χ2v) is 5.20. The SMILES string of the molecule is CCCCCCCCCCCC(CCC)OOO. The zero-order valence-electron chi connectivity index (χ0n) is 12.3. The first-order chi connectivity index (χ1) is 8.85. The highest BCUT2D eigenvalue weighted by atomic mass is 17.5. The van der Waals surface area contributed by atoms with Crippen LogP contribution in [-0.2, 0) is 9.93 Å². The van der Waals surface area contributed by atoms with Crippen LogP contribution in [0.4, 0.5) is 0 Å². The van der Waals surface area contributed by atoms with Crippen molar-refractivity contribution in [2.24, 2.45) is 0 Å². The van der Waals surface area contributed by atoms with E-state index in [9.17, 15) is 0 Å². The van der Waals surface area contributed by atoms with Gasteiger partial charge in [-0.1, -0.05) is 83.1 Å². The Bertz CT molecular complexity index is 145. The minimum atomic E-state index is 0.0598. The fraction of sp³-hybridized carbons (Fsp3) is 1.00. The first-order valence-electron chi connectivity index (χ1n) is 7.82. The lowest BCUT2D eigenvalue weighted by molar-refractivity contribution is -0.507. The molecular formula is C15H32O3. The molecule has 3 nitrogen and oxygen atoms in total. The van der Waals surface area contributed by atoms with E-state index in [0.717, 1.165) is 19.3 Å². The van der Waals surface area contributed by atoms with Crippen molar-refractivity contribution in [3.63, 3.8) is 0 Å². The summed E-state index contributed by atoms with van der Waals surface area (Å²) in [5.74, 6) is 0. The summed E-state index contributed by atoms with van der Waals surface area (Å²) in [5.41, 5.74) is 0. The third-order valence-corrected chi connectivity index (χ3v) is 3.42. The van der Waals surface area contributed by atoms with Crippen molar-refractivity contribution in [1.82, 2.24) is 0 Å². The molecule has 0 aromatic heterocycles. The predicted molar refractivity (Wildman–Crippen MR) is 75.3 cm³/mol. The van der Waals surface area contributed by atoms with Gasteiger partial charge in [-0.2, -0.15) is 0 Å². The van der Waals surface area contributed by atoms with Gasteiger partial charge < -0.3 is 0 Å². The van der Waals surface area contributed by atoms with Gasteiger partial charge in [0.25, 0.3) is 0 Å². The maximum Gasteiger partial charge on any atom is 0.0961 e. The fourth-order valence-corrected chi connectivity index (χ4v) is 2.31. The Morgan fingerprint density at radius 1 is 0.722 bits per heavy atom. The molecular weight excluding hydrogens is 228 g/mol. The van der Waals surface area contributed by atoms with Crippen molar-refractivity contribution in [3.05, 3.63) is 0 Å². The van der Waals surface area contributed by atoms with Crippen LogP contribution in [0.2, 0.25) is 0 Å². The smallest absolute Gasteiger partial charge is 0.0961 e. The van der Waals surface area contributed by atoms with Gasteiger partial charge in [0.1, 0.15) is 0 Å². The lowest BCUT2D eigenvalue weighted by Crippen LogP contribution is -2.12. The molecule has 0 fully saturated rings.